The van der Waals surface area contributed by atoms with Crippen LogP contribution in [-0.4, -0.2) is 10.5 Å². The van der Waals surface area contributed by atoms with Gasteiger partial charge in [-0.25, -0.2) is 9.37 Å². The molecule has 72 valence electrons. The Morgan fingerprint density at radius 2 is 2.15 bits per heavy atom. The third-order valence-electron chi connectivity index (χ3n) is 1.50. The number of halogens is 2. The van der Waals surface area contributed by atoms with Crippen LogP contribution in [0.15, 0.2) is 16.7 Å². The highest BCUT2D eigenvalue weighted by molar-refractivity contribution is 9.10. The second kappa shape index (κ2) is 3.72. The lowest BCUT2D eigenvalue weighted by molar-refractivity contribution is 0.507. The lowest BCUT2D eigenvalue weighted by Crippen LogP contribution is -2.34. The van der Waals surface area contributed by atoms with E-state index in [1.165, 1.54) is 6.07 Å². The van der Waals surface area contributed by atoms with Gasteiger partial charge in [-0.15, -0.1) is 0 Å². The van der Waals surface area contributed by atoms with E-state index in [1.54, 1.807) is 6.07 Å². The molecule has 1 aromatic rings. The first-order valence-electron chi connectivity index (χ1n) is 3.98. The highest BCUT2D eigenvalue weighted by Gasteiger charge is 2.13. The van der Waals surface area contributed by atoms with Crippen LogP contribution >= 0.6 is 15.9 Å². The van der Waals surface area contributed by atoms with Crippen molar-refractivity contribution in [3.8, 4) is 0 Å². The zero-order valence-electron chi connectivity index (χ0n) is 7.64. The molecule has 0 aliphatic rings. The summed E-state index contributed by atoms with van der Waals surface area (Å²) in [5, 5.41) is 0. The number of rotatable bonds is 2. The van der Waals surface area contributed by atoms with Crippen LogP contribution in [0.1, 0.15) is 19.5 Å². The van der Waals surface area contributed by atoms with Crippen LogP contribution in [0.4, 0.5) is 4.39 Å². The molecule has 0 aliphatic heterocycles. The smallest absolute Gasteiger partial charge is 0.155 e. The van der Waals surface area contributed by atoms with E-state index in [2.05, 4.69) is 20.9 Å². The summed E-state index contributed by atoms with van der Waals surface area (Å²) in [5.41, 5.74) is 6.28. The predicted octanol–water partition coefficient (Wildman–Crippen LogP) is 2.26. The minimum atomic E-state index is -0.349. The number of hydrogen-bond acceptors (Lipinski definition) is 2. The second-order valence-electron chi connectivity index (χ2n) is 3.74. The highest BCUT2D eigenvalue weighted by Crippen LogP contribution is 2.15. The normalized spacial score (nSPS) is 11.8. The van der Waals surface area contributed by atoms with Crippen molar-refractivity contribution in [2.45, 2.75) is 25.8 Å². The first kappa shape index (κ1) is 10.6. The van der Waals surface area contributed by atoms with Crippen LogP contribution in [0.3, 0.4) is 0 Å². The van der Waals surface area contributed by atoms with Crippen molar-refractivity contribution in [3.63, 3.8) is 0 Å². The van der Waals surface area contributed by atoms with E-state index in [9.17, 15) is 4.39 Å². The maximum absolute atomic E-state index is 12.8. The number of pyridine rings is 1. The van der Waals surface area contributed by atoms with Gasteiger partial charge in [0.25, 0.3) is 0 Å². The van der Waals surface area contributed by atoms with E-state index in [-0.39, 0.29) is 16.0 Å². The largest absolute Gasteiger partial charge is 0.325 e. The number of hydrogen-bond donors (Lipinski definition) is 1. The van der Waals surface area contributed by atoms with E-state index in [1.807, 2.05) is 13.8 Å². The molecule has 0 amide bonds. The molecule has 2 nitrogen and oxygen atoms in total. The lowest BCUT2D eigenvalue weighted by Gasteiger charge is -2.17. The standard InChI is InChI=1S/C9H12BrFN2/c1-9(2,12)5-6-3-4-7(11)8(10)13-6/h3-4H,5,12H2,1-2H3. The van der Waals surface area contributed by atoms with E-state index >= 15 is 0 Å². The summed E-state index contributed by atoms with van der Waals surface area (Å²) in [6.45, 7) is 3.82. The summed E-state index contributed by atoms with van der Waals surface area (Å²) >= 11 is 3.03. The van der Waals surface area contributed by atoms with Crippen molar-refractivity contribution in [1.29, 1.82) is 0 Å². The minimum absolute atomic E-state index is 0.245. The first-order valence-corrected chi connectivity index (χ1v) is 4.77. The quantitative estimate of drug-likeness (QED) is 0.814. The molecule has 0 aromatic carbocycles. The van der Waals surface area contributed by atoms with Crippen LogP contribution in [0.5, 0.6) is 0 Å². The average Bonchev–Trinajstić information content (AvgIpc) is 1.94. The number of nitrogens with two attached hydrogens (primary N) is 1. The van der Waals surface area contributed by atoms with Gasteiger partial charge in [0.15, 0.2) is 5.82 Å². The van der Waals surface area contributed by atoms with Gasteiger partial charge in [-0.1, -0.05) is 0 Å². The molecule has 0 spiro atoms. The van der Waals surface area contributed by atoms with Crippen LogP contribution in [-0.2, 0) is 6.42 Å². The molecule has 1 heterocycles. The van der Waals surface area contributed by atoms with Gasteiger partial charge in [0, 0.05) is 17.7 Å². The van der Waals surface area contributed by atoms with Crippen LogP contribution in [0.25, 0.3) is 0 Å². The molecule has 2 N–H and O–H groups in total. The van der Waals surface area contributed by atoms with Crippen LogP contribution in [0.2, 0.25) is 0 Å². The zero-order chi connectivity index (χ0) is 10.1. The van der Waals surface area contributed by atoms with Crippen molar-refractivity contribution in [2.24, 2.45) is 5.73 Å². The molecule has 0 aliphatic carbocycles. The molecule has 0 unspecified atom stereocenters. The molecular weight excluding hydrogens is 235 g/mol. The Labute approximate surface area is 85.5 Å². The van der Waals surface area contributed by atoms with Crippen LogP contribution in [0, 0.1) is 5.82 Å². The topological polar surface area (TPSA) is 38.9 Å². The lowest BCUT2D eigenvalue weighted by atomic mass is 10.00. The molecule has 1 rings (SSSR count). The van der Waals surface area contributed by atoms with Gasteiger partial charge in [0.1, 0.15) is 4.60 Å². The highest BCUT2D eigenvalue weighted by atomic mass is 79.9. The van der Waals surface area contributed by atoms with Gasteiger partial charge < -0.3 is 5.73 Å². The Hall–Kier alpha value is -0.480. The Bertz CT molecular complexity index is 307. The maximum Gasteiger partial charge on any atom is 0.155 e. The fourth-order valence-corrected chi connectivity index (χ4v) is 1.38. The van der Waals surface area contributed by atoms with E-state index in [4.69, 9.17) is 5.73 Å². The molecule has 0 radical (unpaired) electrons. The van der Waals surface area contributed by atoms with E-state index in [0.29, 0.717) is 6.42 Å². The molecule has 0 saturated heterocycles. The van der Waals surface area contributed by atoms with Gasteiger partial charge in [0.2, 0.25) is 0 Å². The molecule has 0 bridgehead atoms. The summed E-state index contributed by atoms with van der Waals surface area (Å²) in [7, 11) is 0. The van der Waals surface area contributed by atoms with Crippen molar-refractivity contribution in [2.75, 3.05) is 0 Å². The fraction of sp³-hybridized carbons (Fsp3) is 0.444. The summed E-state index contributed by atoms with van der Waals surface area (Å²) in [6, 6.07) is 3.03. The first-order chi connectivity index (χ1) is 5.88. The summed E-state index contributed by atoms with van der Waals surface area (Å²) in [6.07, 6.45) is 0.631. The van der Waals surface area contributed by atoms with Gasteiger partial charge in [-0.2, -0.15) is 0 Å². The number of aromatic nitrogens is 1. The van der Waals surface area contributed by atoms with Gasteiger partial charge >= 0.3 is 0 Å². The Balaban J connectivity index is 2.86. The van der Waals surface area contributed by atoms with Gasteiger partial charge in [-0.05, 0) is 41.9 Å². The van der Waals surface area contributed by atoms with Gasteiger partial charge in [-0.3, -0.25) is 0 Å². The number of nitrogens with zero attached hydrogens (tertiary/aromatic N) is 1. The second-order valence-corrected chi connectivity index (χ2v) is 4.49. The van der Waals surface area contributed by atoms with Crippen molar-refractivity contribution >= 4 is 15.9 Å². The van der Waals surface area contributed by atoms with Crippen LogP contribution < -0.4 is 5.73 Å². The molecular formula is C9H12BrFN2. The monoisotopic (exact) mass is 246 g/mol. The predicted molar refractivity (Wildman–Crippen MR) is 53.9 cm³/mol. The van der Waals surface area contributed by atoms with Crippen molar-refractivity contribution in [3.05, 3.63) is 28.2 Å². The fourth-order valence-electron chi connectivity index (χ4n) is 1.02. The minimum Gasteiger partial charge on any atom is -0.325 e. The van der Waals surface area contributed by atoms with Crippen molar-refractivity contribution < 1.29 is 4.39 Å². The van der Waals surface area contributed by atoms with E-state index in [0.717, 1.165) is 5.69 Å². The third-order valence-corrected chi connectivity index (χ3v) is 2.05. The van der Waals surface area contributed by atoms with Crippen molar-refractivity contribution in [1.82, 2.24) is 4.98 Å². The molecule has 0 saturated carbocycles. The Morgan fingerprint density at radius 1 is 1.54 bits per heavy atom. The Kier molecular flexibility index (Phi) is 3.03. The molecule has 1 aromatic heterocycles. The summed E-state index contributed by atoms with van der Waals surface area (Å²) in [4.78, 5) is 4.02. The van der Waals surface area contributed by atoms with E-state index < -0.39 is 0 Å². The molecule has 4 heteroatoms. The van der Waals surface area contributed by atoms with Gasteiger partial charge in [0.05, 0.1) is 0 Å². The summed E-state index contributed by atoms with van der Waals surface area (Å²) in [5.74, 6) is -0.349. The molecule has 0 fully saturated rings. The Morgan fingerprint density at radius 3 is 2.62 bits per heavy atom. The molecule has 0 atom stereocenters. The maximum atomic E-state index is 12.8. The third kappa shape index (κ3) is 3.40. The molecule has 13 heavy (non-hydrogen) atoms. The zero-order valence-corrected chi connectivity index (χ0v) is 9.23. The average molecular weight is 247 g/mol. The summed E-state index contributed by atoms with van der Waals surface area (Å²) < 4.78 is 13.0. The SMILES string of the molecule is CC(C)(N)Cc1ccc(F)c(Br)n1.